The number of nitrogens with zero attached hydrogens (tertiary/aromatic N) is 2. The number of rotatable bonds is 13. The highest BCUT2D eigenvalue weighted by molar-refractivity contribution is 7.92. The van der Waals surface area contributed by atoms with Gasteiger partial charge in [0.2, 0.25) is 21.8 Å². The van der Waals surface area contributed by atoms with Crippen LogP contribution in [0.1, 0.15) is 47.6 Å². The summed E-state index contributed by atoms with van der Waals surface area (Å²) in [6, 6.07) is 22.4. The summed E-state index contributed by atoms with van der Waals surface area (Å²) in [4.78, 5) is 28.8. The zero-order chi connectivity index (χ0) is 29.3. The minimum atomic E-state index is -3.56. The van der Waals surface area contributed by atoms with E-state index in [0.29, 0.717) is 25.1 Å². The Labute approximate surface area is 239 Å². The van der Waals surface area contributed by atoms with Gasteiger partial charge in [-0.05, 0) is 62.4 Å². The van der Waals surface area contributed by atoms with Gasteiger partial charge in [-0.25, -0.2) is 8.42 Å². The van der Waals surface area contributed by atoms with Gasteiger partial charge in [-0.1, -0.05) is 72.3 Å². The highest BCUT2D eigenvalue weighted by atomic mass is 32.2. The number of benzene rings is 3. The lowest BCUT2D eigenvalue weighted by Gasteiger charge is -2.32. The first-order chi connectivity index (χ1) is 19.0. The molecule has 8 heteroatoms. The van der Waals surface area contributed by atoms with Crippen LogP contribution in [0, 0.1) is 20.8 Å². The summed E-state index contributed by atoms with van der Waals surface area (Å²) in [5.74, 6) is -0.399. The van der Waals surface area contributed by atoms with Gasteiger partial charge in [0.15, 0.2) is 0 Å². The predicted molar refractivity (Wildman–Crippen MR) is 162 cm³/mol. The Balaban J connectivity index is 1.88. The molecule has 214 valence electrons. The van der Waals surface area contributed by atoms with Gasteiger partial charge in [0.1, 0.15) is 6.04 Å². The van der Waals surface area contributed by atoms with Crippen LogP contribution >= 0.6 is 0 Å². The largest absolute Gasteiger partial charge is 0.355 e. The smallest absolute Gasteiger partial charge is 0.243 e. The van der Waals surface area contributed by atoms with Crippen LogP contribution in [-0.2, 0) is 32.6 Å². The molecule has 2 amide bonds. The lowest BCUT2D eigenvalue weighted by atomic mass is 10.0. The molecule has 1 N–H and O–H groups in total. The van der Waals surface area contributed by atoms with E-state index in [1.165, 1.54) is 10.6 Å². The molecule has 0 heterocycles. The fourth-order valence-electron chi connectivity index (χ4n) is 4.84. The molecule has 0 fully saturated rings. The maximum atomic E-state index is 13.8. The number of carbonyl (C=O) groups excluding carboxylic acids is 2. The first kappa shape index (κ1) is 30.9. The van der Waals surface area contributed by atoms with Crippen molar-refractivity contribution in [3.05, 3.63) is 101 Å². The Morgan fingerprint density at radius 3 is 2.23 bits per heavy atom. The molecular formula is C32H41N3O4S. The number of likely N-dealkylation sites (N-methyl/N-ethyl adjacent to an activating group) is 1. The highest BCUT2D eigenvalue weighted by Gasteiger charge is 2.30. The molecule has 0 bridgehead atoms. The number of sulfonamides is 1. The average molecular weight is 564 g/mol. The van der Waals surface area contributed by atoms with E-state index in [2.05, 4.69) is 5.32 Å². The van der Waals surface area contributed by atoms with Gasteiger partial charge in [-0.3, -0.25) is 13.9 Å². The van der Waals surface area contributed by atoms with Crippen molar-refractivity contribution in [3.63, 3.8) is 0 Å². The van der Waals surface area contributed by atoms with Crippen molar-refractivity contribution >= 4 is 27.5 Å². The van der Waals surface area contributed by atoms with Crippen LogP contribution in [0.25, 0.3) is 0 Å². The molecule has 0 aromatic heterocycles. The first-order valence-electron chi connectivity index (χ1n) is 13.7. The van der Waals surface area contributed by atoms with E-state index in [9.17, 15) is 18.0 Å². The zero-order valence-corrected chi connectivity index (χ0v) is 25.0. The Morgan fingerprint density at radius 2 is 1.57 bits per heavy atom. The van der Waals surface area contributed by atoms with E-state index in [-0.39, 0.29) is 31.3 Å². The van der Waals surface area contributed by atoms with Crippen molar-refractivity contribution in [2.24, 2.45) is 0 Å². The number of hydrogen-bond donors (Lipinski definition) is 1. The van der Waals surface area contributed by atoms with Crippen molar-refractivity contribution in [1.29, 1.82) is 0 Å². The first-order valence-corrected chi connectivity index (χ1v) is 15.6. The minimum Gasteiger partial charge on any atom is -0.355 e. The van der Waals surface area contributed by atoms with E-state index < -0.39 is 16.1 Å². The van der Waals surface area contributed by atoms with E-state index in [1.54, 1.807) is 11.0 Å². The van der Waals surface area contributed by atoms with Crippen LogP contribution in [0.2, 0.25) is 0 Å². The number of carbonyl (C=O) groups is 2. The highest BCUT2D eigenvalue weighted by Crippen LogP contribution is 2.26. The van der Waals surface area contributed by atoms with E-state index in [4.69, 9.17) is 0 Å². The van der Waals surface area contributed by atoms with Crippen molar-refractivity contribution in [3.8, 4) is 0 Å². The minimum absolute atomic E-state index is 0.105. The third-order valence-electron chi connectivity index (χ3n) is 7.05. The number of nitrogens with one attached hydrogen (secondary N) is 1. The standard InChI is InChI=1S/C32H41N3O4S/c1-6-33-32(37)30(22-27-15-8-7-9-16-27)34(23-28-17-10-13-24(2)21-28)31(36)19-12-20-35(40(5,38)39)29-18-11-14-25(3)26(29)4/h7-11,13-18,21,30H,6,12,19-20,22-23H2,1-5H3,(H,33,37)/t30-/m0/s1. The maximum absolute atomic E-state index is 13.8. The van der Waals surface area contributed by atoms with Crippen LogP contribution < -0.4 is 9.62 Å². The van der Waals surface area contributed by atoms with E-state index >= 15 is 0 Å². The summed E-state index contributed by atoms with van der Waals surface area (Å²) in [5, 5.41) is 2.91. The van der Waals surface area contributed by atoms with Gasteiger partial charge >= 0.3 is 0 Å². The number of hydrogen-bond acceptors (Lipinski definition) is 4. The normalized spacial score (nSPS) is 12.0. The van der Waals surface area contributed by atoms with Crippen LogP contribution in [0.5, 0.6) is 0 Å². The number of amides is 2. The fourth-order valence-corrected chi connectivity index (χ4v) is 5.86. The Hall–Kier alpha value is -3.65. The lowest BCUT2D eigenvalue weighted by molar-refractivity contribution is -0.141. The van der Waals surface area contributed by atoms with Gasteiger partial charge in [0, 0.05) is 32.5 Å². The second kappa shape index (κ2) is 14.1. The molecule has 0 radical (unpaired) electrons. The summed E-state index contributed by atoms with van der Waals surface area (Å²) in [6.07, 6.45) is 1.98. The van der Waals surface area contributed by atoms with Crippen molar-refractivity contribution < 1.29 is 18.0 Å². The molecule has 3 aromatic carbocycles. The molecule has 0 aliphatic heterocycles. The monoisotopic (exact) mass is 563 g/mol. The average Bonchev–Trinajstić information content (AvgIpc) is 2.90. The Kier molecular flexibility index (Phi) is 10.9. The van der Waals surface area contributed by atoms with Crippen LogP contribution in [0.15, 0.2) is 72.8 Å². The number of anilines is 1. The van der Waals surface area contributed by atoms with Crippen LogP contribution in [0.3, 0.4) is 0 Å². The van der Waals surface area contributed by atoms with Crippen molar-refractivity contribution in [1.82, 2.24) is 10.2 Å². The lowest BCUT2D eigenvalue weighted by Crippen LogP contribution is -2.50. The molecule has 7 nitrogen and oxygen atoms in total. The number of aryl methyl sites for hydroxylation is 2. The Bertz CT molecular complexity index is 1410. The topological polar surface area (TPSA) is 86.8 Å². The molecule has 0 saturated heterocycles. The van der Waals surface area contributed by atoms with Crippen molar-refractivity contribution in [2.45, 2.75) is 59.5 Å². The zero-order valence-electron chi connectivity index (χ0n) is 24.2. The molecule has 0 spiro atoms. The summed E-state index contributed by atoms with van der Waals surface area (Å²) in [7, 11) is -3.56. The maximum Gasteiger partial charge on any atom is 0.243 e. The van der Waals surface area contributed by atoms with Crippen LogP contribution in [0.4, 0.5) is 5.69 Å². The third kappa shape index (κ3) is 8.42. The van der Waals surface area contributed by atoms with Crippen LogP contribution in [-0.4, -0.2) is 50.5 Å². The quantitative estimate of drug-likeness (QED) is 0.319. The molecule has 1 atom stereocenters. The van der Waals surface area contributed by atoms with Gasteiger partial charge in [-0.2, -0.15) is 0 Å². The van der Waals surface area contributed by atoms with Gasteiger partial charge in [0.25, 0.3) is 0 Å². The molecular weight excluding hydrogens is 522 g/mol. The summed E-state index contributed by atoms with van der Waals surface area (Å²) < 4.78 is 26.8. The molecule has 0 aliphatic carbocycles. The fraction of sp³-hybridized carbons (Fsp3) is 0.375. The molecule has 3 aromatic rings. The van der Waals surface area contributed by atoms with Gasteiger partial charge in [-0.15, -0.1) is 0 Å². The molecule has 0 saturated carbocycles. The summed E-state index contributed by atoms with van der Waals surface area (Å²) in [6.45, 7) is 8.60. The summed E-state index contributed by atoms with van der Waals surface area (Å²) >= 11 is 0. The van der Waals surface area contributed by atoms with E-state index in [1.807, 2.05) is 94.4 Å². The van der Waals surface area contributed by atoms with E-state index in [0.717, 1.165) is 27.8 Å². The van der Waals surface area contributed by atoms with Gasteiger partial charge < -0.3 is 10.2 Å². The third-order valence-corrected chi connectivity index (χ3v) is 8.23. The second-order valence-corrected chi connectivity index (χ2v) is 12.2. The SMILES string of the molecule is CCNC(=O)[C@H](Cc1ccccc1)N(Cc1cccc(C)c1)C(=O)CCCN(c1cccc(C)c1C)S(C)(=O)=O. The Morgan fingerprint density at radius 1 is 0.900 bits per heavy atom. The molecule has 0 aliphatic rings. The predicted octanol–water partition coefficient (Wildman–Crippen LogP) is 4.93. The van der Waals surface area contributed by atoms with Crippen molar-refractivity contribution in [2.75, 3.05) is 23.7 Å². The molecule has 3 rings (SSSR count). The van der Waals surface area contributed by atoms with Gasteiger partial charge in [0.05, 0.1) is 11.9 Å². The molecule has 0 unspecified atom stereocenters. The summed E-state index contributed by atoms with van der Waals surface area (Å²) in [5.41, 5.74) is 5.47. The second-order valence-electron chi connectivity index (χ2n) is 10.3. The molecule has 40 heavy (non-hydrogen) atoms.